The van der Waals surface area contributed by atoms with Gasteiger partial charge >= 0.3 is 0 Å². The minimum atomic E-state index is -0.333. The van der Waals surface area contributed by atoms with Crippen molar-refractivity contribution >= 4 is 57.8 Å². The first kappa shape index (κ1) is 21.4. The summed E-state index contributed by atoms with van der Waals surface area (Å²) in [5.41, 5.74) is 1.86. The van der Waals surface area contributed by atoms with E-state index in [1.807, 2.05) is 0 Å². The number of nitrogens with one attached hydrogen (secondary N) is 1. The molecule has 0 spiro atoms. The first-order valence-corrected chi connectivity index (χ1v) is 10.8. The van der Waals surface area contributed by atoms with E-state index in [0.29, 0.717) is 37.1 Å². The number of thioether (sulfide) groups is 1. The maximum absolute atomic E-state index is 13.7. The van der Waals surface area contributed by atoms with Crippen molar-refractivity contribution in [2.24, 2.45) is 4.99 Å². The van der Waals surface area contributed by atoms with Crippen LogP contribution < -0.4 is 10.1 Å². The van der Waals surface area contributed by atoms with Crippen LogP contribution >= 0.6 is 35.0 Å². The molecule has 1 saturated heterocycles. The Balaban J connectivity index is 1.46. The van der Waals surface area contributed by atoms with E-state index in [1.165, 1.54) is 17.8 Å². The van der Waals surface area contributed by atoms with Gasteiger partial charge in [0.25, 0.3) is 5.91 Å². The van der Waals surface area contributed by atoms with Crippen LogP contribution in [-0.4, -0.2) is 11.1 Å². The van der Waals surface area contributed by atoms with Crippen LogP contribution in [0.25, 0.3) is 6.08 Å². The van der Waals surface area contributed by atoms with Crippen LogP contribution in [0.2, 0.25) is 10.0 Å². The van der Waals surface area contributed by atoms with Crippen LogP contribution in [0.3, 0.4) is 0 Å². The highest BCUT2D eigenvalue weighted by Crippen LogP contribution is 2.31. The smallest absolute Gasteiger partial charge is 0.264 e. The Morgan fingerprint density at radius 2 is 1.84 bits per heavy atom. The van der Waals surface area contributed by atoms with E-state index < -0.39 is 0 Å². The van der Waals surface area contributed by atoms with Gasteiger partial charge in [0.05, 0.1) is 15.6 Å². The molecule has 4 rings (SSSR count). The van der Waals surface area contributed by atoms with E-state index in [4.69, 9.17) is 27.9 Å². The quantitative estimate of drug-likeness (QED) is 0.425. The van der Waals surface area contributed by atoms with E-state index in [9.17, 15) is 9.18 Å². The summed E-state index contributed by atoms with van der Waals surface area (Å²) < 4.78 is 19.4. The fourth-order valence-corrected chi connectivity index (χ4v) is 3.97. The van der Waals surface area contributed by atoms with E-state index >= 15 is 0 Å². The Hall–Kier alpha value is -2.80. The van der Waals surface area contributed by atoms with E-state index in [0.717, 1.165) is 5.56 Å². The van der Waals surface area contributed by atoms with Gasteiger partial charge < -0.3 is 10.1 Å². The summed E-state index contributed by atoms with van der Waals surface area (Å²) in [5.74, 6) is -0.144. The normalized spacial score (nSPS) is 16.0. The fourth-order valence-electron chi connectivity index (χ4n) is 2.76. The number of nitrogens with zero attached hydrogens (tertiary/aromatic N) is 1. The second kappa shape index (κ2) is 9.56. The minimum Gasteiger partial charge on any atom is -0.487 e. The van der Waals surface area contributed by atoms with Gasteiger partial charge in [0.15, 0.2) is 5.17 Å². The van der Waals surface area contributed by atoms with Crippen molar-refractivity contribution in [2.45, 2.75) is 6.61 Å². The SMILES string of the molecule is O=C1NC(=Nc2ccc(Cl)cc2)S/C1=C\c1ccc(OCc2ccccc2F)c(Cl)c1. The van der Waals surface area contributed by atoms with Crippen LogP contribution in [0.4, 0.5) is 10.1 Å². The Morgan fingerprint density at radius 1 is 1.06 bits per heavy atom. The second-order valence-corrected chi connectivity index (χ2v) is 8.40. The lowest BCUT2D eigenvalue weighted by Gasteiger charge is -2.09. The third-order valence-electron chi connectivity index (χ3n) is 4.30. The topological polar surface area (TPSA) is 50.7 Å². The number of aliphatic imine (C=N–C) groups is 1. The molecular weight excluding hydrogens is 458 g/mol. The first-order valence-electron chi connectivity index (χ1n) is 9.19. The van der Waals surface area contributed by atoms with Crippen molar-refractivity contribution in [3.63, 3.8) is 0 Å². The molecule has 0 aliphatic carbocycles. The summed E-state index contributed by atoms with van der Waals surface area (Å²) in [6.07, 6.45) is 1.72. The minimum absolute atomic E-state index is 0.0651. The predicted octanol–water partition coefficient (Wildman–Crippen LogP) is 6.60. The zero-order chi connectivity index (χ0) is 21.8. The molecule has 0 bridgehead atoms. The van der Waals surface area contributed by atoms with Crippen molar-refractivity contribution in [3.05, 3.63) is 98.6 Å². The van der Waals surface area contributed by atoms with Crippen LogP contribution in [0.15, 0.2) is 76.6 Å². The second-order valence-electron chi connectivity index (χ2n) is 6.53. The molecular formula is C23H15Cl2FN2O2S. The maximum Gasteiger partial charge on any atom is 0.264 e. The maximum atomic E-state index is 13.7. The Kier molecular flexibility index (Phi) is 6.61. The average molecular weight is 473 g/mol. The summed E-state index contributed by atoms with van der Waals surface area (Å²) >= 11 is 13.4. The summed E-state index contributed by atoms with van der Waals surface area (Å²) in [6, 6.07) is 18.6. The van der Waals surface area contributed by atoms with Crippen LogP contribution in [0.1, 0.15) is 11.1 Å². The number of amidine groups is 1. The van der Waals surface area contributed by atoms with E-state index in [-0.39, 0.29) is 18.3 Å². The summed E-state index contributed by atoms with van der Waals surface area (Å²) in [5, 5.41) is 4.20. The van der Waals surface area contributed by atoms with Gasteiger partial charge in [0.2, 0.25) is 0 Å². The number of rotatable bonds is 5. The molecule has 31 heavy (non-hydrogen) atoms. The van der Waals surface area contributed by atoms with Gasteiger partial charge in [-0.15, -0.1) is 0 Å². The first-order chi connectivity index (χ1) is 15.0. The molecule has 0 atom stereocenters. The van der Waals surface area contributed by atoms with Gasteiger partial charge in [-0.25, -0.2) is 9.38 Å². The molecule has 1 fully saturated rings. The highest BCUT2D eigenvalue weighted by molar-refractivity contribution is 8.18. The molecule has 156 valence electrons. The number of benzene rings is 3. The molecule has 4 nitrogen and oxygen atoms in total. The van der Waals surface area contributed by atoms with Gasteiger partial charge in [-0.3, -0.25) is 4.79 Å². The number of carbonyl (C=O) groups is 1. The number of carbonyl (C=O) groups excluding carboxylic acids is 1. The Bertz CT molecular complexity index is 1200. The number of hydrogen-bond acceptors (Lipinski definition) is 4. The standard InChI is InChI=1S/C23H15Cl2FN2O2S/c24-16-6-8-17(9-7-16)27-23-28-22(29)21(31-23)12-14-5-10-20(18(25)11-14)30-13-15-3-1-2-4-19(15)26/h1-12H,13H2,(H,27,28,29)/b21-12-. The Morgan fingerprint density at radius 3 is 2.58 bits per heavy atom. The monoisotopic (exact) mass is 472 g/mol. The fraction of sp³-hybridized carbons (Fsp3) is 0.0435. The summed E-state index contributed by atoms with van der Waals surface area (Å²) in [4.78, 5) is 17.2. The third-order valence-corrected chi connectivity index (χ3v) is 5.76. The highest BCUT2D eigenvalue weighted by atomic mass is 35.5. The highest BCUT2D eigenvalue weighted by Gasteiger charge is 2.24. The number of amides is 1. The Labute approximate surface area is 192 Å². The van der Waals surface area contributed by atoms with E-state index in [1.54, 1.807) is 66.7 Å². The lowest BCUT2D eigenvalue weighted by atomic mass is 10.2. The van der Waals surface area contributed by atoms with Crippen molar-refractivity contribution < 1.29 is 13.9 Å². The lowest BCUT2D eigenvalue weighted by molar-refractivity contribution is -0.115. The van der Waals surface area contributed by atoms with Gasteiger partial charge in [-0.05, 0) is 65.9 Å². The lowest BCUT2D eigenvalue weighted by Crippen LogP contribution is -2.19. The van der Waals surface area contributed by atoms with Gasteiger partial charge in [0, 0.05) is 10.6 Å². The molecule has 8 heteroatoms. The number of hydrogen-bond donors (Lipinski definition) is 1. The molecule has 1 N–H and O–H groups in total. The van der Waals surface area contributed by atoms with Gasteiger partial charge in [-0.2, -0.15) is 0 Å². The van der Waals surface area contributed by atoms with Crippen molar-refractivity contribution in [1.29, 1.82) is 0 Å². The molecule has 0 aromatic heterocycles. The molecule has 3 aromatic rings. The van der Waals surface area contributed by atoms with Crippen molar-refractivity contribution in [1.82, 2.24) is 5.32 Å². The third kappa shape index (κ3) is 5.47. The molecule has 1 heterocycles. The molecule has 0 radical (unpaired) electrons. The number of ether oxygens (including phenoxy) is 1. The molecule has 1 aliphatic rings. The molecule has 1 aliphatic heterocycles. The average Bonchev–Trinajstić information content (AvgIpc) is 3.09. The van der Waals surface area contributed by atoms with Crippen molar-refractivity contribution in [3.8, 4) is 5.75 Å². The zero-order valence-electron chi connectivity index (χ0n) is 15.9. The van der Waals surface area contributed by atoms with Crippen LogP contribution in [-0.2, 0) is 11.4 Å². The predicted molar refractivity (Wildman–Crippen MR) is 124 cm³/mol. The summed E-state index contributed by atoms with van der Waals surface area (Å²) in [6.45, 7) is 0.0651. The molecule has 1 amide bonds. The zero-order valence-corrected chi connectivity index (χ0v) is 18.3. The number of halogens is 3. The van der Waals surface area contributed by atoms with Crippen molar-refractivity contribution in [2.75, 3.05) is 0 Å². The van der Waals surface area contributed by atoms with Gasteiger partial charge in [-0.1, -0.05) is 47.5 Å². The molecule has 0 saturated carbocycles. The molecule has 3 aromatic carbocycles. The van der Waals surface area contributed by atoms with E-state index in [2.05, 4.69) is 10.3 Å². The largest absolute Gasteiger partial charge is 0.487 e. The van der Waals surface area contributed by atoms with Crippen LogP contribution in [0, 0.1) is 5.82 Å². The van der Waals surface area contributed by atoms with Crippen LogP contribution in [0.5, 0.6) is 5.75 Å². The van der Waals surface area contributed by atoms with Gasteiger partial charge in [0.1, 0.15) is 18.2 Å². The summed E-state index contributed by atoms with van der Waals surface area (Å²) in [7, 11) is 0. The molecule has 0 unspecified atom stereocenters.